The minimum atomic E-state index is -0.514. The zero-order valence-corrected chi connectivity index (χ0v) is 12.5. The third-order valence-corrected chi connectivity index (χ3v) is 2.60. The van der Waals surface area contributed by atoms with Crippen molar-refractivity contribution in [2.45, 2.75) is 33.0 Å². The lowest BCUT2D eigenvalue weighted by molar-refractivity contribution is 0.00690. The molecule has 0 aliphatic heterocycles. The molecule has 0 aliphatic rings. The Morgan fingerprint density at radius 1 is 1.10 bits per heavy atom. The van der Waals surface area contributed by atoms with Crippen molar-refractivity contribution in [1.29, 1.82) is 0 Å². The maximum atomic E-state index is 11.8. The summed E-state index contributed by atoms with van der Waals surface area (Å²) in [5.41, 5.74) is 0.965. The number of aromatic nitrogens is 1. The van der Waals surface area contributed by atoms with E-state index in [0.29, 0.717) is 18.1 Å². The largest absolute Gasteiger partial charge is 0.473 e. The Hall–Kier alpha value is -2.36. The fraction of sp³-hybridized carbons (Fsp3) is 0.294. The summed E-state index contributed by atoms with van der Waals surface area (Å²) >= 11 is 0. The van der Waals surface area contributed by atoms with Crippen LogP contribution in [0, 0.1) is 0 Å². The van der Waals surface area contributed by atoms with Crippen LogP contribution in [0.5, 0.6) is 5.88 Å². The van der Waals surface area contributed by atoms with Gasteiger partial charge < -0.3 is 9.47 Å². The second kappa shape index (κ2) is 6.39. The molecular formula is C17H19NO3. The Morgan fingerprint density at radius 2 is 1.81 bits per heavy atom. The second-order valence-corrected chi connectivity index (χ2v) is 5.66. The standard InChI is InChI=1S/C17H19NO3/c1-17(2,3)21-16(19)14-9-10-15(18-11-14)20-12-13-7-5-4-6-8-13/h4-11H,12H2,1-3H3. The average Bonchev–Trinajstić information content (AvgIpc) is 2.45. The van der Waals surface area contributed by atoms with Gasteiger partial charge in [0, 0.05) is 12.3 Å². The number of nitrogens with zero attached hydrogens (tertiary/aromatic N) is 1. The number of hydrogen-bond acceptors (Lipinski definition) is 4. The van der Waals surface area contributed by atoms with Crippen molar-refractivity contribution in [1.82, 2.24) is 4.98 Å². The topological polar surface area (TPSA) is 48.4 Å². The molecule has 0 saturated carbocycles. The molecule has 1 aromatic carbocycles. The lowest BCUT2D eigenvalue weighted by atomic mass is 10.2. The van der Waals surface area contributed by atoms with Crippen LogP contribution < -0.4 is 4.74 Å². The first kappa shape index (κ1) is 15.0. The molecule has 2 aromatic rings. The summed E-state index contributed by atoms with van der Waals surface area (Å²) in [5, 5.41) is 0. The first-order valence-corrected chi connectivity index (χ1v) is 6.80. The molecule has 21 heavy (non-hydrogen) atoms. The molecule has 1 heterocycles. The summed E-state index contributed by atoms with van der Waals surface area (Å²) in [5.74, 6) is 0.0933. The summed E-state index contributed by atoms with van der Waals surface area (Å²) in [6.45, 7) is 5.93. The first-order chi connectivity index (χ1) is 9.94. The average molecular weight is 285 g/mol. The van der Waals surface area contributed by atoms with E-state index in [1.165, 1.54) is 6.20 Å². The number of hydrogen-bond donors (Lipinski definition) is 0. The molecule has 0 spiro atoms. The lowest BCUT2D eigenvalue weighted by Crippen LogP contribution is -2.23. The lowest BCUT2D eigenvalue weighted by Gasteiger charge is -2.19. The van der Waals surface area contributed by atoms with Crippen LogP contribution >= 0.6 is 0 Å². The van der Waals surface area contributed by atoms with E-state index in [4.69, 9.17) is 9.47 Å². The van der Waals surface area contributed by atoms with Crippen LogP contribution in [-0.4, -0.2) is 16.6 Å². The normalized spacial score (nSPS) is 11.0. The van der Waals surface area contributed by atoms with Crippen LogP contribution in [0.25, 0.3) is 0 Å². The van der Waals surface area contributed by atoms with Gasteiger partial charge in [0.1, 0.15) is 12.2 Å². The van der Waals surface area contributed by atoms with Crippen molar-refractivity contribution < 1.29 is 14.3 Å². The van der Waals surface area contributed by atoms with Crippen molar-refractivity contribution in [2.24, 2.45) is 0 Å². The summed E-state index contributed by atoms with van der Waals surface area (Å²) in [6, 6.07) is 13.2. The Kier molecular flexibility index (Phi) is 4.58. The van der Waals surface area contributed by atoms with Gasteiger partial charge in [-0.05, 0) is 32.4 Å². The van der Waals surface area contributed by atoms with E-state index < -0.39 is 5.60 Å². The van der Waals surface area contributed by atoms with E-state index in [2.05, 4.69) is 4.98 Å². The van der Waals surface area contributed by atoms with Gasteiger partial charge in [-0.2, -0.15) is 0 Å². The molecule has 0 aliphatic carbocycles. The van der Waals surface area contributed by atoms with Gasteiger partial charge in [-0.15, -0.1) is 0 Å². The first-order valence-electron chi connectivity index (χ1n) is 6.80. The van der Waals surface area contributed by atoms with Crippen molar-refractivity contribution in [2.75, 3.05) is 0 Å². The van der Waals surface area contributed by atoms with Gasteiger partial charge >= 0.3 is 5.97 Å². The highest BCUT2D eigenvalue weighted by molar-refractivity contribution is 5.89. The molecule has 0 radical (unpaired) electrons. The summed E-state index contributed by atoms with van der Waals surface area (Å²) in [4.78, 5) is 16.0. The second-order valence-electron chi connectivity index (χ2n) is 5.66. The smallest absolute Gasteiger partial charge is 0.340 e. The van der Waals surface area contributed by atoms with Gasteiger partial charge in [-0.1, -0.05) is 30.3 Å². The third kappa shape index (κ3) is 4.91. The number of pyridine rings is 1. The molecule has 0 bridgehead atoms. The highest BCUT2D eigenvalue weighted by atomic mass is 16.6. The molecule has 0 fully saturated rings. The molecule has 4 heteroatoms. The molecule has 0 atom stereocenters. The summed E-state index contributed by atoms with van der Waals surface area (Å²) in [6.07, 6.45) is 1.47. The van der Waals surface area contributed by atoms with Crippen molar-refractivity contribution in [3.63, 3.8) is 0 Å². The maximum Gasteiger partial charge on any atom is 0.340 e. The van der Waals surface area contributed by atoms with E-state index in [1.54, 1.807) is 12.1 Å². The molecule has 0 N–H and O–H groups in total. The summed E-state index contributed by atoms with van der Waals surface area (Å²) < 4.78 is 10.8. The van der Waals surface area contributed by atoms with Gasteiger partial charge in [0.05, 0.1) is 5.56 Å². The van der Waals surface area contributed by atoms with Gasteiger partial charge in [-0.3, -0.25) is 0 Å². The molecule has 110 valence electrons. The molecule has 1 aromatic heterocycles. The van der Waals surface area contributed by atoms with E-state index in [-0.39, 0.29) is 5.97 Å². The maximum absolute atomic E-state index is 11.8. The van der Waals surface area contributed by atoms with Gasteiger partial charge in [0.2, 0.25) is 5.88 Å². The number of rotatable bonds is 4. The number of benzene rings is 1. The zero-order chi connectivity index (χ0) is 15.3. The van der Waals surface area contributed by atoms with Crippen molar-refractivity contribution in [3.8, 4) is 5.88 Å². The van der Waals surface area contributed by atoms with Gasteiger partial charge in [0.15, 0.2) is 0 Å². The highest BCUT2D eigenvalue weighted by Crippen LogP contribution is 2.14. The van der Waals surface area contributed by atoms with E-state index >= 15 is 0 Å². The van der Waals surface area contributed by atoms with E-state index in [1.807, 2.05) is 51.1 Å². The summed E-state index contributed by atoms with van der Waals surface area (Å²) in [7, 11) is 0. The molecule has 0 saturated heterocycles. The van der Waals surface area contributed by atoms with Crippen LogP contribution in [0.2, 0.25) is 0 Å². The number of ether oxygens (including phenoxy) is 2. The van der Waals surface area contributed by atoms with Crippen LogP contribution in [0.1, 0.15) is 36.7 Å². The Labute approximate surface area is 124 Å². The predicted octanol–water partition coefficient (Wildman–Crippen LogP) is 3.62. The Bertz CT molecular complexity index is 586. The van der Waals surface area contributed by atoms with E-state index in [0.717, 1.165) is 5.56 Å². The third-order valence-electron chi connectivity index (χ3n) is 2.60. The molecular weight excluding hydrogens is 266 g/mol. The molecule has 0 amide bonds. The minimum absolute atomic E-state index is 0.385. The quantitative estimate of drug-likeness (QED) is 0.805. The highest BCUT2D eigenvalue weighted by Gasteiger charge is 2.18. The van der Waals surface area contributed by atoms with Crippen LogP contribution in [0.4, 0.5) is 0 Å². The SMILES string of the molecule is CC(C)(C)OC(=O)c1ccc(OCc2ccccc2)nc1. The van der Waals surface area contributed by atoms with Gasteiger partial charge in [0.25, 0.3) is 0 Å². The predicted molar refractivity (Wildman–Crippen MR) is 80.2 cm³/mol. The number of esters is 1. The Balaban J connectivity index is 1.94. The molecule has 4 nitrogen and oxygen atoms in total. The van der Waals surface area contributed by atoms with Crippen LogP contribution in [0.15, 0.2) is 48.7 Å². The minimum Gasteiger partial charge on any atom is -0.473 e. The van der Waals surface area contributed by atoms with Crippen molar-refractivity contribution >= 4 is 5.97 Å². The zero-order valence-electron chi connectivity index (χ0n) is 12.5. The fourth-order valence-corrected chi connectivity index (χ4v) is 1.65. The molecule has 2 rings (SSSR count). The van der Waals surface area contributed by atoms with Crippen LogP contribution in [-0.2, 0) is 11.3 Å². The van der Waals surface area contributed by atoms with Crippen molar-refractivity contribution in [3.05, 3.63) is 59.8 Å². The number of carbonyl (C=O) groups is 1. The molecule has 0 unspecified atom stereocenters. The van der Waals surface area contributed by atoms with Gasteiger partial charge in [-0.25, -0.2) is 9.78 Å². The monoisotopic (exact) mass is 285 g/mol. The Morgan fingerprint density at radius 3 is 2.38 bits per heavy atom. The van der Waals surface area contributed by atoms with E-state index in [9.17, 15) is 4.79 Å². The van der Waals surface area contributed by atoms with Crippen LogP contribution in [0.3, 0.4) is 0 Å². The fourth-order valence-electron chi connectivity index (χ4n) is 1.65. The number of carbonyl (C=O) groups excluding carboxylic acids is 1.